The van der Waals surface area contributed by atoms with Crippen LogP contribution in [0.3, 0.4) is 0 Å². The summed E-state index contributed by atoms with van der Waals surface area (Å²) in [4.78, 5) is 14.6. The van der Waals surface area contributed by atoms with E-state index in [1.165, 1.54) is 30.4 Å². The molecule has 1 aromatic rings. The average Bonchev–Trinajstić information content (AvgIpc) is 2.80. The summed E-state index contributed by atoms with van der Waals surface area (Å²) in [6.45, 7) is 7.20. The van der Waals surface area contributed by atoms with E-state index >= 15 is 0 Å². The maximum atomic E-state index is 12.5. The highest BCUT2D eigenvalue weighted by atomic mass is 16.2. The summed E-state index contributed by atoms with van der Waals surface area (Å²) >= 11 is 0. The van der Waals surface area contributed by atoms with E-state index in [0.29, 0.717) is 12.6 Å². The van der Waals surface area contributed by atoms with Crippen molar-refractivity contribution in [3.63, 3.8) is 0 Å². The number of carbonyl (C=O) groups is 1. The van der Waals surface area contributed by atoms with Crippen molar-refractivity contribution in [2.75, 3.05) is 6.54 Å². The van der Waals surface area contributed by atoms with Crippen molar-refractivity contribution < 1.29 is 4.79 Å². The van der Waals surface area contributed by atoms with Crippen LogP contribution in [0.4, 0.5) is 0 Å². The number of aryl methyl sites for hydroxylation is 1. The molecule has 2 aliphatic rings. The molecule has 21 heavy (non-hydrogen) atoms. The van der Waals surface area contributed by atoms with Crippen molar-refractivity contribution in [1.29, 1.82) is 0 Å². The largest absolute Gasteiger partial charge is 0.318 e. The van der Waals surface area contributed by atoms with Crippen LogP contribution >= 0.6 is 0 Å². The van der Waals surface area contributed by atoms with Crippen molar-refractivity contribution in [1.82, 2.24) is 10.2 Å². The van der Waals surface area contributed by atoms with Crippen molar-refractivity contribution in [2.45, 2.75) is 58.7 Å². The molecule has 1 aliphatic carbocycles. The van der Waals surface area contributed by atoms with Gasteiger partial charge in [0.15, 0.2) is 0 Å². The van der Waals surface area contributed by atoms with Crippen LogP contribution in [0, 0.1) is 12.3 Å². The van der Waals surface area contributed by atoms with E-state index in [2.05, 4.69) is 55.3 Å². The Bertz CT molecular complexity index is 538. The second-order valence-corrected chi connectivity index (χ2v) is 7.25. The molecule has 0 radical (unpaired) electrons. The maximum absolute atomic E-state index is 12.5. The van der Waals surface area contributed by atoms with Gasteiger partial charge in [-0.3, -0.25) is 10.1 Å². The van der Waals surface area contributed by atoms with E-state index in [0.717, 1.165) is 6.42 Å². The molecule has 3 rings (SSSR count). The van der Waals surface area contributed by atoms with Gasteiger partial charge in [-0.2, -0.15) is 0 Å². The van der Waals surface area contributed by atoms with Crippen LogP contribution in [0.2, 0.25) is 0 Å². The van der Waals surface area contributed by atoms with Crippen LogP contribution in [-0.4, -0.2) is 23.4 Å². The summed E-state index contributed by atoms with van der Waals surface area (Å²) in [5.74, 6) is 0.251. The number of nitrogens with zero attached hydrogens (tertiary/aromatic N) is 1. The first-order valence-electron chi connectivity index (χ1n) is 8.10. The predicted molar refractivity (Wildman–Crippen MR) is 84.8 cm³/mol. The predicted octanol–water partition coefficient (Wildman–Crippen LogP) is 3.39. The SMILES string of the molecule is Cc1cccc(C2NCC(=O)N2C2CCCCC2(C)C)c1. The van der Waals surface area contributed by atoms with Gasteiger partial charge in [0.05, 0.1) is 6.54 Å². The molecule has 114 valence electrons. The standard InChI is InChI=1S/C18H26N2O/c1-13-7-6-8-14(11-13)17-19-12-16(21)20(17)15-9-4-5-10-18(15,2)3/h6-8,11,15,17,19H,4-5,9-10,12H2,1-3H3. The molecule has 2 atom stereocenters. The fourth-order valence-corrected chi connectivity index (χ4v) is 3.98. The van der Waals surface area contributed by atoms with E-state index in [1.54, 1.807) is 0 Å². The molecule has 1 aliphatic heterocycles. The third kappa shape index (κ3) is 2.71. The average molecular weight is 286 g/mol. The van der Waals surface area contributed by atoms with Gasteiger partial charge in [0.1, 0.15) is 6.17 Å². The Labute approximate surface area is 127 Å². The van der Waals surface area contributed by atoms with Gasteiger partial charge >= 0.3 is 0 Å². The summed E-state index contributed by atoms with van der Waals surface area (Å²) in [7, 11) is 0. The fraction of sp³-hybridized carbons (Fsp3) is 0.611. The zero-order valence-corrected chi connectivity index (χ0v) is 13.4. The molecule has 1 saturated heterocycles. The summed E-state index contributed by atoms with van der Waals surface area (Å²) in [5, 5.41) is 3.41. The van der Waals surface area contributed by atoms with Gasteiger partial charge in [0, 0.05) is 6.04 Å². The molecule has 2 unspecified atom stereocenters. The second kappa shape index (κ2) is 5.45. The van der Waals surface area contributed by atoms with Gasteiger partial charge < -0.3 is 4.90 Å². The third-order valence-electron chi connectivity index (χ3n) is 5.16. The first-order valence-corrected chi connectivity index (χ1v) is 8.10. The molecular formula is C18H26N2O. The molecule has 3 nitrogen and oxygen atoms in total. The van der Waals surface area contributed by atoms with Gasteiger partial charge in [0.25, 0.3) is 0 Å². The molecular weight excluding hydrogens is 260 g/mol. The molecule has 1 N–H and O–H groups in total. The molecule has 1 amide bonds. The summed E-state index contributed by atoms with van der Waals surface area (Å²) in [5.41, 5.74) is 2.67. The van der Waals surface area contributed by atoms with Gasteiger partial charge in [-0.15, -0.1) is 0 Å². The van der Waals surface area contributed by atoms with E-state index < -0.39 is 0 Å². The van der Waals surface area contributed by atoms with Gasteiger partial charge in [0.2, 0.25) is 5.91 Å². The number of nitrogens with one attached hydrogen (secondary N) is 1. The number of amides is 1. The zero-order valence-electron chi connectivity index (χ0n) is 13.4. The minimum absolute atomic E-state index is 0.0415. The molecule has 0 spiro atoms. The number of carbonyl (C=O) groups excluding carboxylic acids is 1. The minimum Gasteiger partial charge on any atom is -0.318 e. The fourth-order valence-electron chi connectivity index (χ4n) is 3.98. The van der Waals surface area contributed by atoms with Crippen molar-refractivity contribution in [3.8, 4) is 0 Å². The minimum atomic E-state index is 0.0415. The third-order valence-corrected chi connectivity index (χ3v) is 5.16. The number of benzene rings is 1. The van der Waals surface area contributed by atoms with Gasteiger partial charge in [-0.1, -0.05) is 56.5 Å². The van der Waals surface area contributed by atoms with Crippen LogP contribution in [0.5, 0.6) is 0 Å². The van der Waals surface area contributed by atoms with Crippen molar-refractivity contribution >= 4 is 5.91 Å². The number of hydrogen-bond donors (Lipinski definition) is 1. The number of rotatable bonds is 2. The lowest BCUT2D eigenvalue weighted by Crippen LogP contribution is -2.49. The molecule has 0 bridgehead atoms. The monoisotopic (exact) mass is 286 g/mol. The lowest BCUT2D eigenvalue weighted by Gasteiger charge is -2.45. The van der Waals surface area contributed by atoms with E-state index in [9.17, 15) is 4.79 Å². The van der Waals surface area contributed by atoms with Gasteiger partial charge in [-0.05, 0) is 30.7 Å². The maximum Gasteiger partial charge on any atom is 0.238 e. The summed E-state index contributed by atoms with van der Waals surface area (Å²) < 4.78 is 0. The molecule has 1 heterocycles. The van der Waals surface area contributed by atoms with Crippen LogP contribution < -0.4 is 5.32 Å². The number of hydrogen-bond acceptors (Lipinski definition) is 2. The first kappa shape index (κ1) is 14.6. The van der Waals surface area contributed by atoms with E-state index in [4.69, 9.17) is 0 Å². The quantitative estimate of drug-likeness (QED) is 0.904. The van der Waals surface area contributed by atoms with E-state index in [1.807, 2.05) is 0 Å². The van der Waals surface area contributed by atoms with Crippen LogP contribution in [0.15, 0.2) is 24.3 Å². The lowest BCUT2D eigenvalue weighted by molar-refractivity contribution is -0.134. The summed E-state index contributed by atoms with van der Waals surface area (Å²) in [6, 6.07) is 8.86. The summed E-state index contributed by atoms with van der Waals surface area (Å²) in [6.07, 6.45) is 4.90. The second-order valence-electron chi connectivity index (χ2n) is 7.25. The first-order chi connectivity index (χ1) is 9.99. The highest BCUT2D eigenvalue weighted by Gasteiger charge is 2.44. The zero-order chi connectivity index (χ0) is 15.0. The Morgan fingerprint density at radius 2 is 2.10 bits per heavy atom. The highest BCUT2D eigenvalue weighted by molar-refractivity contribution is 5.81. The topological polar surface area (TPSA) is 32.3 Å². The molecule has 1 aromatic carbocycles. The molecule has 1 saturated carbocycles. The molecule has 2 fully saturated rings. The smallest absolute Gasteiger partial charge is 0.238 e. The Hall–Kier alpha value is -1.35. The normalized spacial score (nSPS) is 28.9. The molecule has 0 aromatic heterocycles. The Balaban J connectivity index is 1.92. The highest BCUT2D eigenvalue weighted by Crippen LogP contribution is 2.42. The Kier molecular flexibility index (Phi) is 3.78. The Morgan fingerprint density at radius 1 is 1.29 bits per heavy atom. The van der Waals surface area contributed by atoms with Crippen molar-refractivity contribution in [2.24, 2.45) is 5.41 Å². The van der Waals surface area contributed by atoms with Crippen LogP contribution in [0.1, 0.15) is 56.8 Å². The van der Waals surface area contributed by atoms with Crippen LogP contribution in [0.25, 0.3) is 0 Å². The van der Waals surface area contributed by atoms with E-state index in [-0.39, 0.29) is 17.5 Å². The lowest BCUT2D eigenvalue weighted by atomic mass is 9.72. The molecule has 3 heteroatoms. The van der Waals surface area contributed by atoms with Crippen LogP contribution in [-0.2, 0) is 4.79 Å². The van der Waals surface area contributed by atoms with Crippen molar-refractivity contribution in [3.05, 3.63) is 35.4 Å². The Morgan fingerprint density at radius 3 is 2.81 bits per heavy atom. The van der Waals surface area contributed by atoms with Gasteiger partial charge in [-0.25, -0.2) is 0 Å².